The fourth-order valence-corrected chi connectivity index (χ4v) is 8.76. The largest absolute Gasteiger partial charge is 0.493 e. The summed E-state index contributed by atoms with van der Waals surface area (Å²) in [7, 11) is 0.863. The number of hydrogen-bond donors (Lipinski definition) is 4. The number of benzene rings is 4. The van der Waals surface area contributed by atoms with E-state index in [0.717, 1.165) is 12.1 Å². The molecule has 4 N–H and O–H groups in total. The van der Waals surface area contributed by atoms with Crippen molar-refractivity contribution in [1.29, 1.82) is 0 Å². The Balaban J connectivity index is 0.824. The third-order valence-corrected chi connectivity index (χ3v) is 13.5. The maximum atomic E-state index is 13.9. The second-order valence-corrected chi connectivity index (χ2v) is 19.7. The molecule has 0 saturated carbocycles. The number of fused-ring (bicyclic) bond motifs is 1. The van der Waals surface area contributed by atoms with Gasteiger partial charge in [0.05, 0.1) is 83.5 Å². The molecule has 20 nitrogen and oxygen atoms in total. The number of rotatable bonds is 28. The Morgan fingerprint density at radius 2 is 1.51 bits per heavy atom. The molecule has 1 aromatic heterocycles. The van der Waals surface area contributed by atoms with Crippen LogP contribution in [0.15, 0.2) is 93.7 Å². The van der Waals surface area contributed by atoms with Crippen LogP contribution >= 0.6 is 23.2 Å². The van der Waals surface area contributed by atoms with Gasteiger partial charge in [-0.15, -0.1) is 0 Å². The third-order valence-electron chi connectivity index (χ3n) is 11.4. The van der Waals surface area contributed by atoms with Crippen molar-refractivity contribution in [3.63, 3.8) is 0 Å². The van der Waals surface area contributed by atoms with Crippen LogP contribution in [0.5, 0.6) is 17.2 Å². The fourth-order valence-electron chi connectivity index (χ4n) is 7.36. The molecule has 394 valence electrons. The van der Waals surface area contributed by atoms with Gasteiger partial charge in [0, 0.05) is 70.3 Å². The number of amides is 3. The normalized spacial score (nSPS) is 13.6. The Hall–Kier alpha value is -6.20. The number of likely N-dealkylation sites (N-methyl/N-ethyl adjacent to an activating group) is 1. The first kappa shape index (κ1) is 56.1. The number of ether oxygens (including phenoxy) is 5. The van der Waals surface area contributed by atoms with Gasteiger partial charge >= 0.3 is 5.69 Å². The molecule has 0 bridgehead atoms. The zero-order valence-electron chi connectivity index (χ0n) is 41.6. The Bertz CT molecular complexity index is 2910. The molecule has 0 saturated heterocycles. The van der Waals surface area contributed by atoms with E-state index in [1.165, 1.54) is 39.5 Å². The van der Waals surface area contributed by atoms with Crippen LogP contribution in [0.25, 0.3) is 11.0 Å². The van der Waals surface area contributed by atoms with Crippen LogP contribution < -0.4 is 40.8 Å². The molecular weight excluding hydrogens is 1010 g/mol. The molecule has 73 heavy (non-hydrogen) atoms. The predicted molar refractivity (Wildman–Crippen MR) is 281 cm³/mol. The smallest absolute Gasteiger partial charge is 0.328 e. The maximum absolute atomic E-state index is 13.9. The molecule has 6 rings (SSSR count). The summed E-state index contributed by atoms with van der Waals surface area (Å²) in [6.07, 6.45) is 1.48. The number of sulfonamides is 1. The van der Waals surface area contributed by atoms with Crippen LogP contribution in [-0.2, 0) is 47.9 Å². The molecule has 0 radical (unpaired) electrons. The van der Waals surface area contributed by atoms with Crippen molar-refractivity contribution in [2.24, 2.45) is 25.1 Å². The average molecular weight is 1070 g/mol. The van der Waals surface area contributed by atoms with Gasteiger partial charge in [-0.2, -0.15) is 5.10 Å². The van der Waals surface area contributed by atoms with Gasteiger partial charge in [-0.1, -0.05) is 49.2 Å². The number of anilines is 2. The van der Waals surface area contributed by atoms with E-state index < -0.39 is 15.9 Å². The Morgan fingerprint density at radius 1 is 0.795 bits per heavy atom. The van der Waals surface area contributed by atoms with Gasteiger partial charge in [-0.3, -0.25) is 33.2 Å². The lowest BCUT2D eigenvalue weighted by Crippen LogP contribution is -2.34. The molecule has 0 aliphatic carbocycles. The van der Waals surface area contributed by atoms with Crippen LogP contribution in [-0.4, -0.2) is 132 Å². The zero-order chi connectivity index (χ0) is 52.5. The van der Waals surface area contributed by atoms with Gasteiger partial charge in [-0.05, 0) is 74.5 Å². The summed E-state index contributed by atoms with van der Waals surface area (Å²) < 4.78 is 61.9. The second kappa shape index (κ2) is 27.2. The van der Waals surface area contributed by atoms with Crippen LogP contribution in [0.4, 0.5) is 11.4 Å². The first-order chi connectivity index (χ1) is 35.0. The standard InChI is InChI=1S/C50H63Cl2N9O11S/c1-6-21-71-37-11-8-12-38(29-37)72-45-31-44-43(59(4)50(65)60(44)5)30-42(45)57-73(66,67)39-13-7-10-35(27-39)49(64)54-18-22-68-23-19-58(3)20-24-69-25-26-70-33-47(63)53-17-9-14-46(62)55-48-34(2)32-61(56-48)36-15-16-40(51)41(52)28-36/h7-8,10-13,15-16,27-31,34,57H,6,9,14,17-26,32-33H2,1-5H3,(H,53,63)(H,54,64)(H,55,56,62). The molecule has 1 unspecified atom stereocenters. The molecule has 2 heterocycles. The highest BCUT2D eigenvalue weighted by Crippen LogP contribution is 2.36. The Kier molecular flexibility index (Phi) is 20.9. The minimum atomic E-state index is -4.27. The van der Waals surface area contributed by atoms with Crippen molar-refractivity contribution in [2.45, 2.75) is 38.0 Å². The molecular formula is C50H63Cl2N9O11S. The summed E-state index contributed by atoms with van der Waals surface area (Å²) in [5.41, 5.74) is 1.70. The number of amidine groups is 1. The molecule has 4 aromatic carbocycles. The van der Waals surface area contributed by atoms with Gasteiger partial charge in [0.25, 0.3) is 15.9 Å². The van der Waals surface area contributed by atoms with E-state index in [-0.39, 0.29) is 78.1 Å². The quantitative estimate of drug-likeness (QED) is 0.0438. The molecule has 1 aliphatic rings. The van der Waals surface area contributed by atoms with Crippen LogP contribution in [0, 0.1) is 5.92 Å². The molecule has 1 atom stereocenters. The van der Waals surface area contributed by atoms with Gasteiger partial charge in [0.2, 0.25) is 11.8 Å². The van der Waals surface area contributed by atoms with Gasteiger partial charge in [-0.25, -0.2) is 13.2 Å². The number of carbonyl (C=O) groups excluding carboxylic acids is 3. The number of halogens is 2. The number of nitrogens with zero attached hydrogens (tertiary/aromatic N) is 5. The number of nitrogens with one attached hydrogen (secondary N) is 4. The highest BCUT2D eigenvalue weighted by atomic mass is 35.5. The van der Waals surface area contributed by atoms with E-state index >= 15 is 0 Å². The maximum Gasteiger partial charge on any atom is 0.328 e. The number of carbonyl (C=O) groups is 3. The number of aryl methyl sites for hydroxylation is 2. The molecule has 0 fully saturated rings. The number of imidazole rings is 1. The Morgan fingerprint density at radius 3 is 2.26 bits per heavy atom. The first-order valence-electron chi connectivity index (χ1n) is 23.8. The van der Waals surface area contributed by atoms with Crippen molar-refractivity contribution in [3.05, 3.63) is 105 Å². The minimum absolute atomic E-state index is 0.00901. The van der Waals surface area contributed by atoms with Crippen molar-refractivity contribution in [2.75, 3.05) is 95.8 Å². The highest BCUT2D eigenvalue weighted by molar-refractivity contribution is 7.92. The molecule has 23 heteroatoms. The number of hydrazone groups is 1. The van der Waals surface area contributed by atoms with Gasteiger partial charge in [0.15, 0.2) is 5.75 Å². The topological polar surface area (TPSA) is 225 Å². The number of hydrogen-bond acceptors (Lipinski definition) is 14. The van der Waals surface area contributed by atoms with E-state index in [1.807, 2.05) is 31.9 Å². The SMILES string of the molecule is CCCOc1cccc(Oc2cc3c(cc2NS(=O)(=O)c2cccc(C(=O)NCCOCCN(C)CCOCCOCC(=O)NCCCC(=O)NC4=NN(c5ccc(Cl)c(Cl)c5)CC4C)c2)n(C)c(=O)n3C)c1. The van der Waals surface area contributed by atoms with Gasteiger partial charge < -0.3 is 44.5 Å². The third kappa shape index (κ3) is 16.4. The second-order valence-electron chi connectivity index (χ2n) is 17.2. The van der Waals surface area contributed by atoms with Crippen molar-refractivity contribution >= 4 is 79.2 Å². The van der Waals surface area contributed by atoms with E-state index in [9.17, 15) is 27.6 Å². The first-order valence-corrected chi connectivity index (χ1v) is 26.1. The molecule has 3 amide bonds. The summed E-state index contributed by atoms with van der Waals surface area (Å²) in [5, 5.41) is 15.6. The van der Waals surface area contributed by atoms with Crippen molar-refractivity contribution in [1.82, 2.24) is 30.0 Å². The molecule has 0 spiro atoms. The lowest BCUT2D eigenvalue weighted by atomic mass is 10.1. The van der Waals surface area contributed by atoms with Gasteiger partial charge in [0.1, 0.15) is 23.9 Å². The van der Waals surface area contributed by atoms with Crippen LogP contribution in [0.3, 0.4) is 0 Å². The minimum Gasteiger partial charge on any atom is -0.493 e. The lowest BCUT2D eigenvalue weighted by molar-refractivity contribution is -0.126. The predicted octanol–water partition coefficient (Wildman–Crippen LogP) is 5.76. The van der Waals surface area contributed by atoms with Crippen molar-refractivity contribution in [3.8, 4) is 17.2 Å². The van der Waals surface area contributed by atoms with Crippen LogP contribution in [0.1, 0.15) is 43.5 Å². The van der Waals surface area contributed by atoms with E-state index in [4.69, 9.17) is 46.9 Å². The molecule has 1 aliphatic heterocycles. The Labute approximate surface area is 434 Å². The summed E-state index contributed by atoms with van der Waals surface area (Å²) in [4.78, 5) is 52.5. The highest BCUT2D eigenvalue weighted by Gasteiger charge is 2.26. The van der Waals surface area contributed by atoms with Crippen LogP contribution in [0.2, 0.25) is 10.0 Å². The monoisotopic (exact) mass is 1070 g/mol. The number of aromatic nitrogens is 2. The lowest BCUT2D eigenvalue weighted by Gasteiger charge is -2.17. The van der Waals surface area contributed by atoms with E-state index in [0.29, 0.717) is 97.4 Å². The van der Waals surface area contributed by atoms with E-state index in [2.05, 4.69) is 25.8 Å². The van der Waals surface area contributed by atoms with Crippen molar-refractivity contribution < 1.29 is 46.5 Å². The summed E-state index contributed by atoms with van der Waals surface area (Å²) in [6.45, 7) is 8.30. The summed E-state index contributed by atoms with van der Waals surface area (Å²) in [5.74, 6) is 0.753. The van der Waals surface area contributed by atoms with E-state index in [1.54, 1.807) is 61.6 Å². The summed E-state index contributed by atoms with van der Waals surface area (Å²) in [6, 6.07) is 21.0. The fraction of sp³-hybridized carbons (Fsp3) is 0.420. The zero-order valence-corrected chi connectivity index (χ0v) is 43.9. The molecule has 5 aromatic rings. The summed E-state index contributed by atoms with van der Waals surface area (Å²) >= 11 is 12.2. The average Bonchev–Trinajstić information content (AvgIpc) is 3.83.